The zero-order valence-electron chi connectivity index (χ0n) is 15.7. The molecule has 0 heterocycles. The summed E-state index contributed by atoms with van der Waals surface area (Å²) >= 11 is 0. The summed E-state index contributed by atoms with van der Waals surface area (Å²) in [5.74, 6) is -0.824. The molecule has 2 rings (SSSR count). The highest BCUT2D eigenvalue weighted by molar-refractivity contribution is 7.92. The zero-order valence-corrected chi connectivity index (χ0v) is 16.5. The molecule has 154 valence electrons. The number of rotatable bonds is 9. The number of para-hydroxylation sites is 1. The number of ether oxygens (including phenoxy) is 2. The van der Waals surface area contributed by atoms with Crippen molar-refractivity contribution in [3.05, 3.63) is 64.2 Å². The van der Waals surface area contributed by atoms with E-state index in [9.17, 15) is 28.1 Å². The minimum absolute atomic E-state index is 0.0691. The van der Waals surface area contributed by atoms with Crippen molar-refractivity contribution in [1.29, 1.82) is 0 Å². The molecule has 0 aromatic heterocycles. The van der Waals surface area contributed by atoms with Crippen LogP contribution in [0.25, 0.3) is 0 Å². The van der Waals surface area contributed by atoms with Crippen molar-refractivity contribution >= 4 is 27.3 Å². The number of ketones is 1. The molecular formula is C19H19NO8S. The largest absolute Gasteiger partial charge is 0.489 e. The topological polar surface area (TPSA) is 130 Å². The highest BCUT2D eigenvalue weighted by Gasteiger charge is 2.31. The van der Waals surface area contributed by atoms with Crippen molar-refractivity contribution in [2.75, 3.05) is 13.2 Å². The van der Waals surface area contributed by atoms with E-state index in [1.54, 1.807) is 24.3 Å². The Hall–Kier alpha value is -3.27. The van der Waals surface area contributed by atoms with Crippen LogP contribution in [-0.4, -0.2) is 43.6 Å². The Morgan fingerprint density at radius 3 is 2.28 bits per heavy atom. The molecule has 0 fully saturated rings. The van der Waals surface area contributed by atoms with Gasteiger partial charge in [-0.15, -0.1) is 0 Å². The van der Waals surface area contributed by atoms with Crippen molar-refractivity contribution in [3.63, 3.8) is 0 Å². The summed E-state index contributed by atoms with van der Waals surface area (Å²) in [6.45, 7) is 2.28. The molecule has 10 heteroatoms. The number of sulfone groups is 1. The number of nitrogens with zero attached hydrogens (tertiary/aromatic N) is 1. The van der Waals surface area contributed by atoms with Gasteiger partial charge in [-0.2, -0.15) is 0 Å². The fourth-order valence-corrected chi connectivity index (χ4v) is 3.63. The minimum atomic E-state index is -4.07. The van der Waals surface area contributed by atoms with E-state index < -0.39 is 26.0 Å². The van der Waals surface area contributed by atoms with Gasteiger partial charge in [0.05, 0.1) is 15.4 Å². The maximum Gasteiger partial charge on any atom is 0.324 e. The molecule has 0 amide bonds. The Bertz CT molecular complexity index is 1010. The van der Waals surface area contributed by atoms with Crippen LogP contribution in [0.15, 0.2) is 53.4 Å². The molecule has 0 saturated heterocycles. The molecule has 1 unspecified atom stereocenters. The van der Waals surface area contributed by atoms with Crippen LogP contribution in [0.5, 0.6) is 5.75 Å². The number of non-ortho nitro benzene ring substituents is 1. The molecule has 0 aliphatic carbocycles. The average Bonchev–Trinajstić information content (AvgIpc) is 2.70. The first-order valence-electron chi connectivity index (χ1n) is 8.52. The molecule has 0 aliphatic rings. The van der Waals surface area contributed by atoms with Gasteiger partial charge in [-0.05, 0) is 38.1 Å². The van der Waals surface area contributed by atoms with Crippen molar-refractivity contribution in [2.45, 2.75) is 24.0 Å². The second kappa shape index (κ2) is 9.28. The van der Waals surface area contributed by atoms with Gasteiger partial charge in [0.1, 0.15) is 19.0 Å². The van der Waals surface area contributed by atoms with Gasteiger partial charge in [-0.25, -0.2) is 8.42 Å². The van der Waals surface area contributed by atoms with E-state index in [2.05, 4.69) is 0 Å². The normalized spacial score (nSPS) is 12.1. The predicted octanol–water partition coefficient (Wildman–Crippen LogP) is 2.58. The van der Waals surface area contributed by atoms with Gasteiger partial charge in [0, 0.05) is 12.1 Å². The van der Waals surface area contributed by atoms with E-state index in [4.69, 9.17) is 9.47 Å². The van der Waals surface area contributed by atoms with Crippen molar-refractivity contribution < 1.29 is 32.4 Å². The Morgan fingerprint density at radius 2 is 1.69 bits per heavy atom. The van der Waals surface area contributed by atoms with Crippen molar-refractivity contribution in [1.82, 2.24) is 0 Å². The highest BCUT2D eigenvalue weighted by atomic mass is 32.2. The van der Waals surface area contributed by atoms with Crippen LogP contribution in [0.2, 0.25) is 0 Å². The van der Waals surface area contributed by atoms with Crippen LogP contribution in [0, 0.1) is 10.1 Å². The SMILES string of the molecule is CC(=O)c1ccccc1OCCOC(=O)C(C)S(=O)(=O)c1ccc([N+](=O)[O-])cc1. The lowest BCUT2D eigenvalue weighted by atomic mass is 10.1. The number of Topliss-reactive ketones (excluding diaryl/α,β-unsaturated/α-hetero) is 1. The summed E-state index contributed by atoms with van der Waals surface area (Å²) in [5.41, 5.74) is 0.120. The summed E-state index contributed by atoms with van der Waals surface area (Å²) in [6, 6.07) is 10.8. The Balaban J connectivity index is 1.95. The number of nitro benzene ring substituents is 1. The predicted molar refractivity (Wildman–Crippen MR) is 103 cm³/mol. The fraction of sp³-hybridized carbons (Fsp3) is 0.263. The Kier molecular flexibility index (Phi) is 7.05. The van der Waals surface area contributed by atoms with Crippen LogP contribution in [0.3, 0.4) is 0 Å². The lowest BCUT2D eigenvalue weighted by molar-refractivity contribution is -0.384. The molecule has 0 N–H and O–H groups in total. The third-order valence-corrected chi connectivity index (χ3v) is 6.08. The minimum Gasteiger partial charge on any atom is -0.489 e. The van der Waals surface area contributed by atoms with Crippen molar-refractivity contribution in [3.8, 4) is 5.75 Å². The maximum absolute atomic E-state index is 12.5. The molecule has 0 aliphatic heterocycles. The highest BCUT2D eigenvalue weighted by Crippen LogP contribution is 2.21. The Morgan fingerprint density at radius 1 is 1.07 bits per heavy atom. The number of hydrogen-bond donors (Lipinski definition) is 0. The molecule has 0 bridgehead atoms. The number of carbonyl (C=O) groups excluding carboxylic acids is 2. The molecule has 29 heavy (non-hydrogen) atoms. The second-order valence-corrected chi connectivity index (χ2v) is 8.28. The quantitative estimate of drug-likeness (QED) is 0.199. The third kappa shape index (κ3) is 5.38. The maximum atomic E-state index is 12.5. The van der Waals surface area contributed by atoms with Crippen LogP contribution in [0.1, 0.15) is 24.2 Å². The second-order valence-electron chi connectivity index (χ2n) is 6.01. The van der Waals surface area contributed by atoms with Gasteiger partial charge >= 0.3 is 5.97 Å². The first kappa shape index (κ1) is 22.0. The lowest BCUT2D eigenvalue weighted by Crippen LogP contribution is -2.30. The first-order valence-corrected chi connectivity index (χ1v) is 10.1. The van der Waals surface area contributed by atoms with Crippen molar-refractivity contribution in [2.24, 2.45) is 0 Å². The summed E-state index contributed by atoms with van der Waals surface area (Å²) in [6.07, 6.45) is 0. The summed E-state index contributed by atoms with van der Waals surface area (Å²) in [4.78, 5) is 33.4. The molecule has 1 atom stereocenters. The Labute approximate surface area is 167 Å². The van der Waals surface area contributed by atoms with Gasteiger partial charge in [0.15, 0.2) is 20.9 Å². The molecule has 0 saturated carbocycles. The van der Waals surface area contributed by atoms with E-state index in [-0.39, 0.29) is 29.6 Å². The third-order valence-electron chi connectivity index (χ3n) is 4.03. The smallest absolute Gasteiger partial charge is 0.324 e. The fourth-order valence-electron chi connectivity index (χ4n) is 2.38. The summed E-state index contributed by atoms with van der Waals surface area (Å²) < 4.78 is 35.4. The molecule has 0 radical (unpaired) electrons. The average molecular weight is 421 g/mol. The van der Waals surface area contributed by atoms with Crippen LogP contribution in [0.4, 0.5) is 5.69 Å². The van der Waals surface area contributed by atoms with Gasteiger partial charge in [0.25, 0.3) is 5.69 Å². The number of hydrogen-bond acceptors (Lipinski definition) is 8. The van der Waals surface area contributed by atoms with E-state index in [1.807, 2.05) is 0 Å². The van der Waals surface area contributed by atoms with Crippen LogP contribution < -0.4 is 4.74 Å². The van der Waals surface area contributed by atoms with E-state index >= 15 is 0 Å². The number of nitro groups is 1. The molecular weight excluding hydrogens is 402 g/mol. The van der Waals surface area contributed by atoms with Gasteiger partial charge < -0.3 is 9.47 Å². The first-order chi connectivity index (χ1) is 13.6. The summed E-state index contributed by atoms with van der Waals surface area (Å²) in [5, 5.41) is 9.16. The standard InChI is InChI=1S/C19H19NO8S/c1-13(21)17-5-3-4-6-18(17)27-11-12-28-19(22)14(2)29(25,26)16-9-7-15(8-10-16)20(23)24/h3-10,14H,11-12H2,1-2H3. The molecule has 0 spiro atoms. The number of benzene rings is 2. The molecule has 2 aromatic rings. The van der Waals surface area contributed by atoms with E-state index in [0.29, 0.717) is 11.3 Å². The van der Waals surface area contributed by atoms with E-state index in [0.717, 1.165) is 24.3 Å². The zero-order chi connectivity index (χ0) is 21.6. The number of carbonyl (C=O) groups is 2. The summed E-state index contributed by atoms with van der Waals surface area (Å²) in [7, 11) is -4.07. The van der Waals surface area contributed by atoms with E-state index in [1.165, 1.54) is 13.8 Å². The monoisotopic (exact) mass is 421 g/mol. The van der Waals surface area contributed by atoms with Gasteiger partial charge in [-0.1, -0.05) is 12.1 Å². The van der Waals surface area contributed by atoms with Gasteiger partial charge in [-0.3, -0.25) is 19.7 Å². The van der Waals surface area contributed by atoms with Crippen LogP contribution in [-0.2, 0) is 19.4 Å². The lowest BCUT2D eigenvalue weighted by Gasteiger charge is -2.14. The van der Waals surface area contributed by atoms with Gasteiger partial charge in [0.2, 0.25) is 0 Å². The van der Waals surface area contributed by atoms with Crippen LogP contribution >= 0.6 is 0 Å². The number of esters is 1. The molecule has 9 nitrogen and oxygen atoms in total. The molecule has 2 aromatic carbocycles.